The average Bonchev–Trinajstić information content (AvgIpc) is 2.96. The molecular weight excluding hydrogens is 350 g/mol. The van der Waals surface area contributed by atoms with Crippen LogP contribution in [0, 0.1) is 5.82 Å². The molecule has 3 rings (SSSR count). The van der Waals surface area contributed by atoms with E-state index >= 15 is 0 Å². The fourth-order valence-corrected chi connectivity index (χ4v) is 2.44. The lowest BCUT2D eigenvalue weighted by atomic mass is 9.97. The second kappa shape index (κ2) is 5.42. The van der Waals surface area contributed by atoms with Gasteiger partial charge in [-0.25, -0.2) is 9.07 Å². The summed E-state index contributed by atoms with van der Waals surface area (Å²) in [6.07, 6.45) is -1.49. The van der Waals surface area contributed by atoms with Crippen LogP contribution in [0.5, 0.6) is 0 Å². The fraction of sp³-hybridized carbons (Fsp3) is 0.200. The highest BCUT2D eigenvalue weighted by molar-refractivity contribution is 6.35. The molecule has 0 saturated carbocycles. The van der Waals surface area contributed by atoms with Crippen molar-refractivity contribution in [2.24, 2.45) is 0 Å². The topological polar surface area (TPSA) is 50.9 Å². The van der Waals surface area contributed by atoms with Gasteiger partial charge in [-0.15, -0.1) is 0 Å². The van der Waals surface area contributed by atoms with E-state index in [4.69, 9.17) is 11.6 Å². The highest BCUT2D eigenvalue weighted by Gasteiger charge is 2.51. The average molecular weight is 360 g/mol. The molecule has 0 saturated heterocycles. The van der Waals surface area contributed by atoms with Crippen LogP contribution >= 0.6 is 11.6 Å². The smallest absolute Gasteiger partial charge is 0.376 e. The van der Waals surface area contributed by atoms with E-state index in [1.54, 1.807) is 0 Å². The maximum atomic E-state index is 14.1. The molecule has 0 aliphatic rings. The molecule has 0 spiro atoms. The van der Waals surface area contributed by atoms with Crippen LogP contribution in [0.15, 0.2) is 36.8 Å². The summed E-state index contributed by atoms with van der Waals surface area (Å²) in [7, 11) is 0. The molecule has 2 aromatic heterocycles. The van der Waals surface area contributed by atoms with Gasteiger partial charge in [0, 0.05) is 17.1 Å². The predicted octanol–water partition coefficient (Wildman–Crippen LogP) is 3.98. The Kier molecular flexibility index (Phi) is 3.76. The van der Waals surface area contributed by atoms with Gasteiger partial charge in [0.1, 0.15) is 11.3 Å². The van der Waals surface area contributed by atoms with Crippen molar-refractivity contribution in [3.05, 3.63) is 53.2 Å². The number of fused-ring (bicyclic) bond motifs is 1. The van der Waals surface area contributed by atoms with E-state index in [0.29, 0.717) is 12.3 Å². The number of benzene rings is 1. The zero-order chi connectivity index (χ0) is 17.7. The van der Waals surface area contributed by atoms with E-state index in [2.05, 4.69) is 10.1 Å². The highest BCUT2D eigenvalue weighted by atomic mass is 35.5. The summed E-state index contributed by atoms with van der Waals surface area (Å²) in [5.41, 5.74) is -3.52. The number of nitrogens with zero attached hydrogens (tertiary/aromatic N) is 3. The summed E-state index contributed by atoms with van der Waals surface area (Å²) in [5, 5.41) is 14.3. The Morgan fingerprint density at radius 2 is 1.88 bits per heavy atom. The SMILES string of the molecule is CC(O)(c1cncc(-n2ncc3c(Cl)ccc(F)c32)c1)C(F)(F)F. The van der Waals surface area contributed by atoms with Crippen LogP contribution in [0.2, 0.25) is 5.02 Å². The largest absolute Gasteiger partial charge is 0.421 e. The molecule has 3 aromatic rings. The summed E-state index contributed by atoms with van der Waals surface area (Å²) in [6, 6.07) is 3.54. The minimum atomic E-state index is -4.89. The molecule has 0 fully saturated rings. The molecule has 2 heterocycles. The van der Waals surface area contributed by atoms with Crippen LogP contribution in [0.3, 0.4) is 0 Å². The van der Waals surface area contributed by atoms with Crippen molar-refractivity contribution >= 4 is 22.5 Å². The first-order valence-electron chi connectivity index (χ1n) is 6.69. The molecule has 0 aliphatic heterocycles. The number of aromatic nitrogens is 3. The molecular formula is C15H10ClF4N3O. The quantitative estimate of drug-likeness (QED) is 0.704. The third kappa shape index (κ3) is 2.51. The van der Waals surface area contributed by atoms with Crippen molar-refractivity contribution in [3.63, 3.8) is 0 Å². The number of halogens is 5. The molecule has 0 amide bonds. The number of alkyl halides is 3. The van der Waals surface area contributed by atoms with Gasteiger partial charge in [-0.2, -0.15) is 18.3 Å². The Morgan fingerprint density at radius 3 is 2.54 bits per heavy atom. The molecule has 4 nitrogen and oxygen atoms in total. The normalized spacial score (nSPS) is 14.8. The van der Waals surface area contributed by atoms with Crippen LogP contribution in [0.25, 0.3) is 16.6 Å². The maximum Gasteiger partial charge on any atom is 0.421 e. The Labute approximate surface area is 138 Å². The van der Waals surface area contributed by atoms with Gasteiger partial charge in [0.25, 0.3) is 0 Å². The predicted molar refractivity (Wildman–Crippen MR) is 79.5 cm³/mol. The van der Waals surface area contributed by atoms with E-state index in [0.717, 1.165) is 23.0 Å². The van der Waals surface area contributed by atoms with Gasteiger partial charge in [0.15, 0.2) is 5.60 Å². The van der Waals surface area contributed by atoms with Gasteiger partial charge in [0.05, 0.1) is 23.1 Å². The van der Waals surface area contributed by atoms with Gasteiger partial charge in [-0.3, -0.25) is 4.98 Å². The first kappa shape index (κ1) is 16.7. The molecule has 1 unspecified atom stereocenters. The van der Waals surface area contributed by atoms with Crippen LogP contribution in [0.1, 0.15) is 12.5 Å². The molecule has 1 aromatic carbocycles. The Balaban J connectivity index is 2.20. The summed E-state index contributed by atoms with van der Waals surface area (Å²) < 4.78 is 54.1. The summed E-state index contributed by atoms with van der Waals surface area (Å²) in [5.74, 6) is -0.639. The van der Waals surface area contributed by atoms with Crippen molar-refractivity contribution < 1.29 is 22.7 Å². The lowest BCUT2D eigenvalue weighted by Crippen LogP contribution is -2.39. The third-order valence-electron chi connectivity index (χ3n) is 3.71. The Bertz CT molecular complexity index is 921. The molecule has 1 N–H and O–H groups in total. The second-order valence-corrected chi connectivity index (χ2v) is 5.76. The first-order chi connectivity index (χ1) is 11.1. The fourth-order valence-electron chi connectivity index (χ4n) is 2.24. The number of hydrogen-bond acceptors (Lipinski definition) is 3. The maximum absolute atomic E-state index is 14.1. The van der Waals surface area contributed by atoms with Crippen molar-refractivity contribution in [2.75, 3.05) is 0 Å². The number of pyridine rings is 1. The molecule has 126 valence electrons. The molecule has 0 bridgehead atoms. The third-order valence-corrected chi connectivity index (χ3v) is 4.04. The molecule has 1 atom stereocenters. The number of hydrogen-bond donors (Lipinski definition) is 1. The van der Waals surface area contributed by atoms with Gasteiger partial charge >= 0.3 is 6.18 Å². The van der Waals surface area contributed by atoms with E-state index in [9.17, 15) is 22.7 Å². The minimum absolute atomic E-state index is 0.00750. The second-order valence-electron chi connectivity index (χ2n) is 5.35. The Morgan fingerprint density at radius 1 is 1.17 bits per heavy atom. The van der Waals surface area contributed by atoms with Gasteiger partial charge in [-0.1, -0.05) is 11.6 Å². The van der Waals surface area contributed by atoms with Crippen LogP contribution < -0.4 is 0 Å². The van der Waals surface area contributed by atoms with Crippen molar-refractivity contribution in [1.29, 1.82) is 0 Å². The lowest BCUT2D eigenvalue weighted by molar-refractivity contribution is -0.259. The highest BCUT2D eigenvalue weighted by Crippen LogP contribution is 2.38. The molecule has 0 radical (unpaired) electrons. The lowest BCUT2D eigenvalue weighted by Gasteiger charge is -2.26. The molecule has 9 heteroatoms. The van der Waals surface area contributed by atoms with E-state index in [1.165, 1.54) is 18.5 Å². The van der Waals surface area contributed by atoms with E-state index < -0.39 is 23.2 Å². The van der Waals surface area contributed by atoms with E-state index in [1.807, 2.05) is 0 Å². The van der Waals surface area contributed by atoms with Crippen LogP contribution in [0.4, 0.5) is 17.6 Å². The first-order valence-corrected chi connectivity index (χ1v) is 7.07. The zero-order valence-electron chi connectivity index (χ0n) is 12.1. The van der Waals surface area contributed by atoms with E-state index in [-0.39, 0.29) is 16.2 Å². The monoisotopic (exact) mass is 359 g/mol. The molecule has 24 heavy (non-hydrogen) atoms. The number of rotatable bonds is 2. The zero-order valence-corrected chi connectivity index (χ0v) is 12.9. The minimum Gasteiger partial charge on any atom is -0.376 e. The Hall–Kier alpha value is -2.19. The summed E-state index contributed by atoms with van der Waals surface area (Å²) in [6.45, 7) is 0.618. The summed E-state index contributed by atoms with van der Waals surface area (Å²) in [4.78, 5) is 3.70. The van der Waals surface area contributed by atoms with Gasteiger partial charge in [0.2, 0.25) is 0 Å². The van der Waals surface area contributed by atoms with Crippen LogP contribution in [-0.4, -0.2) is 26.0 Å². The van der Waals surface area contributed by atoms with Crippen molar-refractivity contribution in [1.82, 2.24) is 14.8 Å². The molecule has 0 aliphatic carbocycles. The van der Waals surface area contributed by atoms with Crippen LogP contribution in [-0.2, 0) is 5.60 Å². The van der Waals surface area contributed by atoms with Gasteiger partial charge in [-0.05, 0) is 25.1 Å². The van der Waals surface area contributed by atoms with Crippen molar-refractivity contribution in [3.8, 4) is 5.69 Å². The standard InChI is InChI=1S/C15H10ClF4N3O/c1-14(24,15(18,19)20)8-4-9(6-21-5-8)23-13-10(7-22-23)11(16)2-3-12(13)17/h2-7,24H,1H3. The van der Waals surface area contributed by atoms with Gasteiger partial charge < -0.3 is 5.11 Å². The van der Waals surface area contributed by atoms with Crippen molar-refractivity contribution in [2.45, 2.75) is 18.7 Å². The number of aliphatic hydroxyl groups is 1. The summed E-state index contributed by atoms with van der Waals surface area (Å²) >= 11 is 5.97.